The molecule has 7 heteroatoms. The molecule has 1 aromatic rings. The first-order valence-corrected chi connectivity index (χ1v) is 9.55. The minimum atomic E-state index is -3.54. The molecule has 1 aromatic carbocycles. The van der Waals surface area contributed by atoms with Crippen molar-refractivity contribution in [1.82, 2.24) is 5.32 Å². The van der Waals surface area contributed by atoms with Crippen LogP contribution >= 0.6 is 0 Å². The lowest BCUT2D eigenvalue weighted by molar-refractivity contribution is -0.120. The molecule has 0 unspecified atom stereocenters. The van der Waals surface area contributed by atoms with Crippen molar-refractivity contribution >= 4 is 21.6 Å². The van der Waals surface area contributed by atoms with Crippen LogP contribution in [0.3, 0.4) is 0 Å². The van der Waals surface area contributed by atoms with Gasteiger partial charge in [-0.05, 0) is 38.3 Å². The fourth-order valence-corrected chi connectivity index (χ4v) is 3.60. The third-order valence-electron chi connectivity index (χ3n) is 3.86. The predicted molar refractivity (Wildman–Crippen MR) is 90.1 cm³/mol. The third kappa shape index (κ3) is 4.94. The van der Waals surface area contributed by atoms with Gasteiger partial charge < -0.3 is 10.1 Å². The maximum atomic E-state index is 12.1. The first kappa shape index (κ1) is 17.7. The van der Waals surface area contributed by atoms with E-state index in [1.165, 1.54) is 0 Å². The Morgan fingerprint density at radius 3 is 2.70 bits per heavy atom. The molecule has 6 nitrogen and oxygen atoms in total. The van der Waals surface area contributed by atoms with Crippen molar-refractivity contribution in [3.63, 3.8) is 0 Å². The number of aryl methyl sites for hydroxylation is 2. The predicted octanol–water partition coefficient (Wildman–Crippen LogP) is 1.36. The molecule has 1 amide bonds. The molecule has 0 bridgehead atoms. The van der Waals surface area contributed by atoms with E-state index in [1.807, 2.05) is 26.0 Å². The molecule has 0 saturated carbocycles. The second-order valence-electron chi connectivity index (χ2n) is 6.00. The number of ether oxygens (including phenoxy) is 1. The molecule has 1 heterocycles. The lowest BCUT2D eigenvalue weighted by Crippen LogP contribution is -2.42. The number of benzene rings is 1. The van der Waals surface area contributed by atoms with Gasteiger partial charge in [0, 0.05) is 13.2 Å². The van der Waals surface area contributed by atoms with Crippen molar-refractivity contribution in [3.05, 3.63) is 29.3 Å². The molecule has 128 valence electrons. The lowest BCUT2D eigenvalue weighted by Gasteiger charge is -2.24. The highest BCUT2D eigenvalue weighted by molar-refractivity contribution is 7.92. The van der Waals surface area contributed by atoms with Crippen molar-refractivity contribution in [2.75, 3.05) is 30.3 Å². The number of hydrogen-bond acceptors (Lipinski definition) is 4. The molecule has 0 spiro atoms. The molecule has 1 N–H and O–H groups in total. The van der Waals surface area contributed by atoms with Crippen molar-refractivity contribution in [3.8, 4) is 0 Å². The lowest BCUT2D eigenvalue weighted by atomic mass is 10.1. The van der Waals surface area contributed by atoms with E-state index in [9.17, 15) is 13.2 Å². The van der Waals surface area contributed by atoms with Gasteiger partial charge >= 0.3 is 0 Å². The van der Waals surface area contributed by atoms with Gasteiger partial charge in [0.25, 0.3) is 0 Å². The summed E-state index contributed by atoms with van der Waals surface area (Å²) in [6.45, 7) is 4.69. The van der Waals surface area contributed by atoms with Gasteiger partial charge in [0.15, 0.2) is 0 Å². The molecular weight excluding hydrogens is 316 g/mol. The molecule has 1 fully saturated rings. The van der Waals surface area contributed by atoms with Crippen molar-refractivity contribution in [1.29, 1.82) is 0 Å². The molecule has 1 atom stereocenters. The Kier molecular flexibility index (Phi) is 5.64. The second kappa shape index (κ2) is 7.31. The molecule has 23 heavy (non-hydrogen) atoms. The number of carbonyl (C=O) groups is 1. The van der Waals surface area contributed by atoms with Crippen molar-refractivity contribution < 1.29 is 17.9 Å². The molecule has 0 radical (unpaired) electrons. The first-order valence-electron chi connectivity index (χ1n) is 7.70. The Morgan fingerprint density at radius 1 is 1.39 bits per heavy atom. The smallest absolute Gasteiger partial charge is 0.240 e. The van der Waals surface area contributed by atoms with Gasteiger partial charge in [-0.15, -0.1) is 0 Å². The summed E-state index contributed by atoms with van der Waals surface area (Å²) in [4.78, 5) is 12.1. The van der Waals surface area contributed by atoms with Crippen LogP contribution in [-0.4, -0.2) is 46.4 Å². The fraction of sp³-hybridized carbons (Fsp3) is 0.562. The monoisotopic (exact) mass is 340 g/mol. The van der Waals surface area contributed by atoms with E-state index in [0.29, 0.717) is 12.2 Å². The number of sulfonamides is 1. The van der Waals surface area contributed by atoms with Crippen LogP contribution in [0.15, 0.2) is 18.2 Å². The van der Waals surface area contributed by atoms with Gasteiger partial charge in [-0.2, -0.15) is 0 Å². The van der Waals surface area contributed by atoms with Gasteiger partial charge in [-0.1, -0.05) is 17.7 Å². The summed E-state index contributed by atoms with van der Waals surface area (Å²) >= 11 is 0. The van der Waals surface area contributed by atoms with Crippen LogP contribution < -0.4 is 9.62 Å². The number of hydrogen-bond donors (Lipinski definition) is 1. The average Bonchev–Trinajstić information content (AvgIpc) is 2.95. The molecule has 0 aliphatic carbocycles. The zero-order chi connectivity index (χ0) is 17.0. The fourth-order valence-electron chi connectivity index (χ4n) is 2.69. The summed E-state index contributed by atoms with van der Waals surface area (Å²) < 4.78 is 30.8. The maximum Gasteiger partial charge on any atom is 0.240 e. The van der Waals surface area contributed by atoms with E-state index in [2.05, 4.69) is 5.32 Å². The highest BCUT2D eigenvalue weighted by atomic mass is 32.2. The number of carbonyl (C=O) groups excluding carboxylic acids is 1. The standard InChI is InChI=1S/C16H24N2O4S/c1-12-6-7-15(13(2)9-12)18(23(3,20)21)11-16(19)17-10-14-5-4-8-22-14/h6-7,9,14H,4-5,8,10-11H2,1-3H3,(H,17,19)/t14-/m0/s1. The number of nitrogens with zero attached hydrogens (tertiary/aromatic N) is 1. The number of nitrogens with one attached hydrogen (secondary N) is 1. The van der Waals surface area contributed by atoms with Gasteiger partial charge in [-0.25, -0.2) is 8.42 Å². The van der Waals surface area contributed by atoms with Gasteiger partial charge in [0.1, 0.15) is 6.54 Å². The molecule has 1 saturated heterocycles. The summed E-state index contributed by atoms with van der Waals surface area (Å²) in [5, 5.41) is 2.76. The molecule has 2 rings (SSSR count). The van der Waals surface area contributed by atoms with Crippen LogP contribution in [-0.2, 0) is 19.6 Å². The van der Waals surface area contributed by atoms with Crippen molar-refractivity contribution in [2.45, 2.75) is 32.8 Å². The molecule has 0 aromatic heterocycles. The van der Waals surface area contributed by atoms with E-state index < -0.39 is 10.0 Å². The van der Waals surface area contributed by atoms with E-state index in [1.54, 1.807) is 6.07 Å². The number of amides is 1. The summed E-state index contributed by atoms with van der Waals surface area (Å²) in [5.74, 6) is -0.328. The van der Waals surface area contributed by atoms with Gasteiger partial charge in [0.2, 0.25) is 15.9 Å². The summed E-state index contributed by atoms with van der Waals surface area (Å²) in [6.07, 6.45) is 3.07. The van der Waals surface area contributed by atoms with E-state index in [-0.39, 0.29) is 18.6 Å². The zero-order valence-corrected chi connectivity index (χ0v) is 14.6. The zero-order valence-electron chi connectivity index (χ0n) is 13.8. The average molecular weight is 340 g/mol. The highest BCUT2D eigenvalue weighted by Gasteiger charge is 2.23. The molecular formula is C16H24N2O4S. The first-order chi connectivity index (χ1) is 10.8. The van der Waals surface area contributed by atoms with Crippen LogP contribution in [0.25, 0.3) is 0 Å². The van der Waals surface area contributed by atoms with Gasteiger partial charge in [-0.3, -0.25) is 9.10 Å². The Morgan fingerprint density at radius 2 is 2.13 bits per heavy atom. The second-order valence-corrected chi connectivity index (χ2v) is 7.91. The largest absolute Gasteiger partial charge is 0.376 e. The summed E-state index contributed by atoms with van der Waals surface area (Å²) in [7, 11) is -3.54. The minimum absolute atomic E-state index is 0.0340. The van der Waals surface area contributed by atoms with E-state index in [0.717, 1.165) is 41.1 Å². The van der Waals surface area contributed by atoms with Crippen LogP contribution in [0.2, 0.25) is 0 Å². The Bertz CT molecular complexity index is 667. The number of anilines is 1. The highest BCUT2D eigenvalue weighted by Crippen LogP contribution is 2.23. The Labute approximate surface area is 137 Å². The number of rotatable bonds is 6. The van der Waals surface area contributed by atoms with Crippen molar-refractivity contribution in [2.24, 2.45) is 0 Å². The van der Waals surface area contributed by atoms with Crippen LogP contribution in [0.4, 0.5) is 5.69 Å². The van der Waals surface area contributed by atoms with Crippen LogP contribution in [0, 0.1) is 13.8 Å². The summed E-state index contributed by atoms with van der Waals surface area (Å²) in [6, 6.07) is 5.47. The Balaban J connectivity index is 2.08. The minimum Gasteiger partial charge on any atom is -0.376 e. The van der Waals surface area contributed by atoms with Crippen LogP contribution in [0.1, 0.15) is 24.0 Å². The summed E-state index contributed by atoms with van der Waals surface area (Å²) in [5.41, 5.74) is 2.40. The van der Waals surface area contributed by atoms with E-state index in [4.69, 9.17) is 4.74 Å². The van der Waals surface area contributed by atoms with Crippen LogP contribution in [0.5, 0.6) is 0 Å². The normalized spacial score (nSPS) is 18.0. The SMILES string of the molecule is Cc1ccc(N(CC(=O)NC[C@@H]2CCCO2)S(C)(=O)=O)c(C)c1. The quantitative estimate of drug-likeness (QED) is 0.848. The molecule has 1 aliphatic heterocycles. The van der Waals surface area contributed by atoms with Gasteiger partial charge in [0.05, 0.1) is 18.0 Å². The topological polar surface area (TPSA) is 75.7 Å². The molecule has 1 aliphatic rings. The Hall–Kier alpha value is -1.60. The third-order valence-corrected chi connectivity index (χ3v) is 4.99. The van der Waals surface area contributed by atoms with E-state index >= 15 is 0 Å². The maximum absolute atomic E-state index is 12.1.